The van der Waals surface area contributed by atoms with Gasteiger partial charge in [0.25, 0.3) is 11.1 Å². The molecular weight excluding hydrogens is 370 g/mol. The van der Waals surface area contributed by atoms with E-state index in [9.17, 15) is 9.59 Å². The molecule has 0 spiro atoms. The van der Waals surface area contributed by atoms with Crippen LogP contribution in [0.2, 0.25) is 5.02 Å². The van der Waals surface area contributed by atoms with Crippen molar-refractivity contribution in [2.24, 2.45) is 7.05 Å². The molecule has 0 radical (unpaired) electrons. The fourth-order valence-corrected chi connectivity index (χ4v) is 2.76. The van der Waals surface area contributed by atoms with Gasteiger partial charge in [-0.25, -0.2) is 4.98 Å². The average molecular weight is 381 g/mol. The maximum atomic E-state index is 12.5. The maximum absolute atomic E-state index is 12.5. The van der Waals surface area contributed by atoms with Crippen molar-refractivity contribution >= 4 is 38.6 Å². The molecule has 0 aliphatic rings. The van der Waals surface area contributed by atoms with Crippen LogP contribution in [0.4, 0.5) is 0 Å². The molecule has 2 aromatic heterocycles. The van der Waals surface area contributed by atoms with Gasteiger partial charge in [0.1, 0.15) is 5.82 Å². The van der Waals surface area contributed by atoms with E-state index >= 15 is 0 Å². The van der Waals surface area contributed by atoms with E-state index in [-0.39, 0.29) is 11.1 Å². The monoisotopic (exact) mass is 379 g/mol. The molecule has 0 N–H and O–H groups in total. The highest BCUT2D eigenvalue weighted by molar-refractivity contribution is 9.10. The second kappa shape index (κ2) is 5.37. The molecule has 7 heteroatoms. The van der Waals surface area contributed by atoms with Crippen molar-refractivity contribution in [2.75, 3.05) is 0 Å². The number of aryl methyl sites for hydroxylation is 1. The largest absolute Gasteiger partial charge is 0.299 e. The van der Waals surface area contributed by atoms with Crippen molar-refractivity contribution in [2.45, 2.75) is 6.92 Å². The predicted molar refractivity (Wildman–Crippen MR) is 90.0 cm³/mol. The van der Waals surface area contributed by atoms with Gasteiger partial charge >= 0.3 is 0 Å². The summed E-state index contributed by atoms with van der Waals surface area (Å²) in [6, 6.07) is 8.31. The number of pyridine rings is 1. The molecule has 0 aliphatic heterocycles. The van der Waals surface area contributed by atoms with Crippen LogP contribution >= 0.6 is 27.5 Å². The highest BCUT2D eigenvalue weighted by Crippen LogP contribution is 2.18. The topological polar surface area (TPSA) is 56.9 Å². The van der Waals surface area contributed by atoms with Crippen LogP contribution in [0.15, 0.2) is 44.4 Å². The summed E-state index contributed by atoms with van der Waals surface area (Å²) in [5.41, 5.74) is 0.442. The summed E-state index contributed by atoms with van der Waals surface area (Å²) in [4.78, 5) is 29.3. The molecule has 0 atom stereocenters. The average Bonchev–Trinajstić information content (AvgIpc) is 2.49. The zero-order valence-electron chi connectivity index (χ0n) is 11.8. The molecule has 5 nitrogen and oxygen atoms in total. The fraction of sp³-hybridized carbons (Fsp3) is 0.133. The first-order chi connectivity index (χ1) is 10.4. The maximum Gasteiger partial charge on any atom is 0.271 e. The van der Waals surface area contributed by atoms with Gasteiger partial charge in [0.05, 0.1) is 15.5 Å². The molecule has 0 aliphatic carbocycles. The highest BCUT2D eigenvalue weighted by Gasteiger charge is 2.15. The minimum absolute atomic E-state index is 0.203. The lowest BCUT2D eigenvalue weighted by Crippen LogP contribution is -2.27. The Balaban J connectivity index is 2.53. The van der Waals surface area contributed by atoms with Gasteiger partial charge in [0, 0.05) is 12.1 Å². The van der Waals surface area contributed by atoms with E-state index in [1.165, 1.54) is 15.2 Å². The van der Waals surface area contributed by atoms with Gasteiger partial charge in [-0.1, -0.05) is 11.6 Å². The fourth-order valence-electron chi connectivity index (χ4n) is 2.23. The second-order valence-corrected chi connectivity index (χ2v) is 6.16. The third kappa shape index (κ3) is 2.28. The minimum Gasteiger partial charge on any atom is -0.299 e. The Labute approximate surface area is 138 Å². The zero-order chi connectivity index (χ0) is 16.0. The van der Waals surface area contributed by atoms with E-state index in [0.717, 1.165) is 0 Å². The Kier molecular flexibility index (Phi) is 3.66. The summed E-state index contributed by atoms with van der Waals surface area (Å²) in [7, 11) is 1.65. The van der Waals surface area contributed by atoms with Gasteiger partial charge in [0.15, 0.2) is 5.65 Å². The lowest BCUT2D eigenvalue weighted by atomic mass is 10.2. The number of halogens is 2. The van der Waals surface area contributed by atoms with Crippen LogP contribution in [0.25, 0.3) is 16.7 Å². The Bertz CT molecular complexity index is 1010. The summed E-state index contributed by atoms with van der Waals surface area (Å²) in [6.45, 7) is 1.72. The molecule has 22 heavy (non-hydrogen) atoms. The molecule has 112 valence electrons. The van der Waals surface area contributed by atoms with E-state index < -0.39 is 0 Å². The van der Waals surface area contributed by atoms with Crippen LogP contribution < -0.4 is 11.1 Å². The molecule has 1 aromatic carbocycles. The lowest BCUT2D eigenvalue weighted by molar-refractivity contribution is 0.783. The number of rotatable bonds is 1. The van der Waals surface area contributed by atoms with E-state index in [4.69, 9.17) is 11.6 Å². The number of fused-ring (bicyclic) bond motifs is 1. The minimum atomic E-state index is -0.282. The Hall–Kier alpha value is -1.92. The van der Waals surface area contributed by atoms with Crippen LogP contribution in [-0.2, 0) is 7.05 Å². The van der Waals surface area contributed by atoms with E-state index in [0.29, 0.717) is 32.0 Å². The summed E-state index contributed by atoms with van der Waals surface area (Å²) < 4.78 is 3.16. The first-order valence-electron chi connectivity index (χ1n) is 6.45. The van der Waals surface area contributed by atoms with Crippen molar-refractivity contribution in [1.82, 2.24) is 14.1 Å². The standard InChI is InChI=1S/C15H11BrClN3O2/c1-8-18-13-11(14(21)19(8)2)7-12(16)15(22)20(13)10-5-3-9(17)4-6-10/h3-7H,1-2H3. The number of nitrogens with zero attached hydrogens (tertiary/aromatic N) is 3. The third-order valence-electron chi connectivity index (χ3n) is 3.50. The summed E-state index contributed by atoms with van der Waals surface area (Å²) in [5.74, 6) is 0.530. The molecule has 3 rings (SSSR count). The van der Waals surface area contributed by atoms with Crippen LogP contribution in [0.1, 0.15) is 5.82 Å². The Morgan fingerprint density at radius 3 is 2.41 bits per heavy atom. The van der Waals surface area contributed by atoms with E-state index in [2.05, 4.69) is 20.9 Å². The molecule has 2 heterocycles. The molecule has 0 amide bonds. The van der Waals surface area contributed by atoms with Crippen molar-refractivity contribution < 1.29 is 0 Å². The number of benzene rings is 1. The van der Waals surface area contributed by atoms with Crippen LogP contribution in [0.3, 0.4) is 0 Å². The molecule has 0 fully saturated rings. The SMILES string of the molecule is Cc1nc2c(cc(Br)c(=O)n2-c2ccc(Cl)cc2)c(=O)n1C. The van der Waals surface area contributed by atoms with Crippen LogP contribution in [-0.4, -0.2) is 14.1 Å². The summed E-state index contributed by atoms with van der Waals surface area (Å²) in [5, 5.41) is 0.936. The van der Waals surface area contributed by atoms with Crippen molar-refractivity contribution in [1.29, 1.82) is 0 Å². The van der Waals surface area contributed by atoms with Gasteiger partial charge < -0.3 is 0 Å². The van der Waals surface area contributed by atoms with Crippen molar-refractivity contribution in [3.8, 4) is 5.69 Å². The van der Waals surface area contributed by atoms with Crippen molar-refractivity contribution in [3.63, 3.8) is 0 Å². The predicted octanol–water partition coefficient (Wildman–Crippen LogP) is 2.81. The van der Waals surface area contributed by atoms with Crippen LogP contribution in [0, 0.1) is 6.92 Å². The second-order valence-electron chi connectivity index (χ2n) is 4.87. The smallest absolute Gasteiger partial charge is 0.271 e. The Morgan fingerprint density at radius 2 is 1.77 bits per heavy atom. The summed E-state index contributed by atoms with van der Waals surface area (Å²) >= 11 is 9.11. The molecule has 3 aromatic rings. The van der Waals surface area contributed by atoms with Gasteiger partial charge in [0.2, 0.25) is 0 Å². The van der Waals surface area contributed by atoms with Crippen molar-refractivity contribution in [3.05, 3.63) is 66.4 Å². The van der Waals surface area contributed by atoms with E-state index in [1.54, 1.807) is 38.2 Å². The summed E-state index contributed by atoms with van der Waals surface area (Å²) in [6.07, 6.45) is 0. The zero-order valence-corrected chi connectivity index (χ0v) is 14.1. The first-order valence-corrected chi connectivity index (χ1v) is 7.62. The van der Waals surface area contributed by atoms with Gasteiger partial charge in [-0.3, -0.25) is 18.7 Å². The molecule has 0 unspecified atom stereocenters. The lowest BCUT2D eigenvalue weighted by Gasteiger charge is -2.12. The Morgan fingerprint density at radius 1 is 1.14 bits per heavy atom. The highest BCUT2D eigenvalue weighted by atomic mass is 79.9. The number of hydrogen-bond acceptors (Lipinski definition) is 3. The van der Waals surface area contributed by atoms with Crippen LogP contribution in [0.5, 0.6) is 0 Å². The molecule has 0 saturated carbocycles. The molecular formula is C15H11BrClN3O2. The quantitative estimate of drug-likeness (QED) is 0.652. The number of aromatic nitrogens is 3. The van der Waals surface area contributed by atoms with E-state index in [1.807, 2.05) is 0 Å². The normalized spacial score (nSPS) is 11.1. The molecule has 0 bridgehead atoms. The number of hydrogen-bond donors (Lipinski definition) is 0. The molecule has 0 saturated heterocycles. The van der Waals surface area contributed by atoms with Gasteiger partial charge in [-0.2, -0.15) is 0 Å². The third-order valence-corrected chi connectivity index (χ3v) is 4.32. The van der Waals surface area contributed by atoms with Gasteiger partial charge in [-0.05, 0) is 53.2 Å². The first kappa shape index (κ1) is 15.0. The van der Waals surface area contributed by atoms with Gasteiger partial charge in [-0.15, -0.1) is 0 Å².